The number of carbonyl (C=O) groups excluding carboxylic acids is 3. The molecule has 1 aliphatic heterocycles. The maximum atomic E-state index is 14.2. The number of amides is 4. The van der Waals surface area contributed by atoms with Crippen LogP contribution in [-0.4, -0.2) is 28.9 Å². The average Bonchev–Trinajstić information content (AvgIpc) is 3.06. The Morgan fingerprint density at radius 2 is 1.51 bits per heavy atom. The number of carbonyl (C=O) groups is 3. The van der Waals surface area contributed by atoms with Crippen LogP contribution in [0.15, 0.2) is 78.9 Å². The number of halogens is 4. The monoisotopic (exact) mass is 614 g/mol. The van der Waals surface area contributed by atoms with Crippen molar-refractivity contribution in [3.8, 4) is 0 Å². The Bertz CT molecular complexity index is 1440. The fourth-order valence-electron chi connectivity index (χ4n) is 5.14. The maximum Gasteiger partial charge on any atom is 0.416 e. The second-order valence-corrected chi connectivity index (χ2v) is 12.2. The van der Waals surface area contributed by atoms with E-state index in [2.05, 4.69) is 16.1 Å². The van der Waals surface area contributed by atoms with Crippen LogP contribution >= 0.6 is 11.6 Å². The fourth-order valence-corrected chi connectivity index (χ4v) is 5.33. The van der Waals surface area contributed by atoms with E-state index < -0.39 is 47.1 Å². The molecule has 228 valence electrons. The van der Waals surface area contributed by atoms with Crippen molar-refractivity contribution in [3.63, 3.8) is 0 Å². The molecule has 3 atom stereocenters. The molecule has 0 radical (unpaired) electrons. The smallest absolute Gasteiger partial charge is 0.326 e. The minimum Gasteiger partial charge on any atom is -0.326 e. The van der Waals surface area contributed by atoms with E-state index in [0.717, 1.165) is 17.7 Å². The van der Waals surface area contributed by atoms with Crippen LogP contribution in [0.3, 0.4) is 0 Å². The lowest BCUT2D eigenvalue weighted by Gasteiger charge is -2.33. The summed E-state index contributed by atoms with van der Waals surface area (Å²) in [6.45, 7) is 5.62. The summed E-state index contributed by atoms with van der Waals surface area (Å²) >= 11 is 6.19. The molecule has 1 saturated heterocycles. The standard InChI is InChI=1S/C32H34ClF3N4O3/c1-31(2,3)19-28(41)39-40-27(21-13-15-23(16-14-21)32(34,35)36)18-22(20-9-5-4-6-10-20)17-26(29(40)42)38-30(43)37-25-12-8-7-11-24(25)33/h4-16,22,26-27H,17-19H2,1-3H3,(H,39,41)(H2,37,38,43). The third kappa shape index (κ3) is 8.50. The molecule has 1 aliphatic rings. The molecule has 0 saturated carbocycles. The van der Waals surface area contributed by atoms with Gasteiger partial charge in [0, 0.05) is 6.42 Å². The van der Waals surface area contributed by atoms with Crippen molar-refractivity contribution in [2.24, 2.45) is 5.41 Å². The lowest BCUT2D eigenvalue weighted by Crippen LogP contribution is -2.55. The van der Waals surface area contributed by atoms with Crippen LogP contribution in [0.25, 0.3) is 0 Å². The molecule has 3 aromatic carbocycles. The van der Waals surface area contributed by atoms with Gasteiger partial charge < -0.3 is 10.6 Å². The predicted molar refractivity (Wildman–Crippen MR) is 159 cm³/mol. The quantitative estimate of drug-likeness (QED) is 0.269. The van der Waals surface area contributed by atoms with Crippen LogP contribution in [0.2, 0.25) is 5.02 Å². The van der Waals surface area contributed by atoms with Gasteiger partial charge in [-0.3, -0.25) is 15.0 Å². The molecular weight excluding hydrogens is 581 g/mol. The molecule has 0 spiro atoms. The topological polar surface area (TPSA) is 90.5 Å². The third-order valence-corrected chi connectivity index (χ3v) is 7.46. The second-order valence-electron chi connectivity index (χ2n) is 11.8. The molecular formula is C32H34ClF3N4O3. The number of para-hydroxylation sites is 1. The molecule has 0 aromatic heterocycles. The molecule has 4 rings (SSSR count). The largest absolute Gasteiger partial charge is 0.416 e. The number of nitrogens with zero attached hydrogens (tertiary/aromatic N) is 1. The molecule has 0 bridgehead atoms. The van der Waals surface area contributed by atoms with E-state index in [0.29, 0.717) is 16.3 Å². The molecule has 7 nitrogen and oxygen atoms in total. The summed E-state index contributed by atoms with van der Waals surface area (Å²) < 4.78 is 40.1. The summed E-state index contributed by atoms with van der Waals surface area (Å²) in [5.41, 5.74) is 3.14. The summed E-state index contributed by atoms with van der Waals surface area (Å²) in [6.07, 6.45) is -3.98. The Kier molecular flexibility index (Phi) is 9.69. The predicted octanol–water partition coefficient (Wildman–Crippen LogP) is 7.46. The molecule has 0 aliphatic carbocycles. The molecule has 3 aromatic rings. The minimum atomic E-state index is -4.53. The number of rotatable bonds is 6. The summed E-state index contributed by atoms with van der Waals surface area (Å²) in [5, 5.41) is 6.87. The van der Waals surface area contributed by atoms with Crippen molar-refractivity contribution < 1.29 is 27.6 Å². The van der Waals surface area contributed by atoms with Crippen molar-refractivity contribution in [1.29, 1.82) is 0 Å². The average molecular weight is 615 g/mol. The summed E-state index contributed by atoms with van der Waals surface area (Å²) in [6, 6.07) is 18.0. The molecule has 3 unspecified atom stereocenters. The molecule has 1 heterocycles. The van der Waals surface area contributed by atoms with Crippen LogP contribution < -0.4 is 16.1 Å². The number of hydrogen-bond acceptors (Lipinski definition) is 3. The zero-order valence-corrected chi connectivity index (χ0v) is 24.8. The van der Waals surface area contributed by atoms with Gasteiger partial charge in [0.1, 0.15) is 6.04 Å². The van der Waals surface area contributed by atoms with Gasteiger partial charge in [0.25, 0.3) is 5.91 Å². The number of nitrogens with one attached hydrogen (secondary N) is 3. The molecule has 11 heteroatoms. The van der Waals surface area contributed by atoms with E-state index in [1.165, 1.54) is 17.1 Å². The number of urea groups is 1. The van der Waals surface area contributed by atoms with Crippen molar-refractivity contribution in [1.82, 2.24) is 15.8 Å². The first kappa shape index (κ1) is 31.9. The Labute approximate surface area is 253 Å². The Balaban J connectivity index is 1.73. The normalized spacial score (nSPS) is 19.4. The second kappa shape index (κ2) is 13.1. The van der Waals surface area contributed by atoms with Crippen LogP contribution in [0.1, 0.15) is 68.7 Å². The van der Waals surface area contributed by atoms with E-state index in [4.69, 9.17) is 11.6 Å². The molecule has 1 fully saturated rings. The number of hydrogen-bond donors (Lipinski definition) is 3. The van der Waals surface area contributed by atoms with E-state index in [9.17, 15) is 27.6 Å². The van der Waals surface area contributed by atoms with Gasteiger partial charge in [-0.1, -0.05) is 87.0 Å². The highest BCUT2D eigenvalue weighted by Crippen LogP contribution is 2.39. The van der Waals surface area contributed by atoms with Gasteiger partial charge in [-0.05, 0) is 59.6 Å². The first-order valence-electron chi connectivity index (χ1n) is 13.9. The molecule has 4 amide bonds. The number of benzene rings is 3. The zero-order chi connectivity index (χ0) is 31.4. The SMILES string of the molecule is CC(C)(C)CC(=O)NN1C(=O)C(NC(=O)Nc2ccccc2Cl)CC(c2ccccc2)CC1c1ccc(C(F)(F)F)cc1. The highest BCUT2D eigenvalue weighted by Gasteiger charge is 2.41. The van der Waals surface area contributed by atoms with Gasteiger partial charge in [-0.25, -0.2) is 9.80 Å². The summed E-state index contributed by atoms with van der Waals surface area (Å²) in [4.78, 5) is 40.4. The van der Waals surface area contributed by atoms with Gasteiger partial charge in [0.05, 0.1) is 22.3 Å². The summed E-state index contributed by atoms with van der Waals surface area (Å²) in [7, 11) is 0. The van der Waals surface area contributed by atoms with Gasteiger partial charge in [-0.15, -0.1) is 0 Å². The maximum absolute atomic E-state index is 14.2. The first-order chi connectivity index (χ1) is 20.2. The third-order valence-electron chi connectivity index (χ3n) is 7.13. The highest BCUT2D eigenvalue weighted by atomic mass is 35.5. The van der Waals surface area contributed by atoms with Crippen molar-refractivity contribution >= 4 is 35.1 Å². The minimum absolute atomic E-state index is 0.0870. The van der Waals surface area contributed by atoms with Gasteiger partial charge >= 0.3 is 12.2 Å². The molecule has 3 N–H and O–H groups in total. The highest BCUT2D eigenvalue weighted by molar-refractivity contribution is 6.33. The lowest BCUT2D eigenvalue weighted by atomic mass is 9.86. The van der Waals surface area contributed by atoms with Gasteiger partial charge in [-0.2, -0.15) is 13.2 Å². The number of hydrazine groups is 1. The van der Waals surface area contributed by atoms with E-state index in [-0.39, 0.29) is 25.2 Å². The Hall–Kier alpha value is -4.05. The van der Waals surface area contributed by atoms with Crippen molar-refractivity contribution in [2.75, 3.05) is 5.32 Å². The summed E-state index contributed by atoms with van der Waals surface area (Å²) in [5.74, 6) is -1.33. The fraction of sp³-hybridized carbons (Fsp3) is 0.344. The van der Waals surface area contributed by atoms with Crippen LogP contribution in [0.4, 0.5) is 23.7 Å². The first-order valence-corrected chi connectivity index (χ1v) is 14.3. The Morgan fingerprint density at radius 1 is 0.884 bits per heavy atom. The van der Waals surface area contributed by atoms with E-state index in [1.807, 2.05) is 51.1 Å². The Morgan fingerprint density at radius 3 is 2.12 bits per heavy atom. The van der Waals surface area contributed by atoms with Gasteiger partial charge in [0.15, 0.2) is 0 Å². The van der Waals surface area contributed by atoms with E-state index in [1.54, 1.807) is 24.3 Å². The van der Waals surface area contributed by atoms with Crippen LogP contribution in [0, 0.1) is 5.41 Å². The zero-order valence-electron chi connectivity index (χ0n) is 24.0. The van der Waals surface area contributed by atoms with Crippen molar-refractivity contribution in [2.45, 2.75) is 64.2 Å². The van der Waals surface area contributed by atoms with Gasteiger partial charge in [0.2, 0.25) is 5.91 Å². The van der Waals surface area contributed by atoms with Crippen LogP contribution in [-0.2, 0) is 15.8 Å². The van der Waals surface area contributed by atoms with Crippen LogP contribution in [0.5, 0.6) is 0 Å². The van der Waals surface area contributed by atoms with E-state index >= 15 is 0 Å². The molecule has 43 heavy (non-hydrogen) atoms. The lowest BCUT2D eigenvalue weighted by molar-refractivity contribution is -0.146. The number of anilines is 1. The number of alkyl halides is 3. The van der Waals surface area contributed by atoms with Crippen molar-refractivity contribution in [3.05, 3.63) is 101 Å².